The number of nitrogens with zero attached hydrogens (tertiary/aromatic N) is 5. The van der Waals surface area contributed by atoms with Crippen LogP contribution < -0.4 is 15.6 Å². The molecule has 2 amide bonds. The first kappa shape index (κ1) is 34.2. The number of nitriles is 1. The van der Waals surface area contributed by atoms with Gasteiger partial charge in [0.25, 0.3) is 12.0 Å². The zero-order valence-corrected chi connectivity index (χ0v) is 27.9. The highest BCUT2D eigenvalue weighted by molar-refractivity contribution is 8.00. The van der Waals surface area contributed by atoms with Crippen LogP contribution in [-0.2, 0) is 30.6 Å². The number of rotatable bonds is 11. The average molecular weight is 737 g/mol. The van der Waals surface area contributed by atoms with Crippen LogP contribution in [0.25, 0.3) is 10.9 Å². The van der Waals surface area contributed by atoms with Crippen molar-refractivity contribution in [3.8, 4) is 17.6 Å². The number of thioether (sulfide) groups is 1. The van der Waals surface area contributed by atoms with Crippen molar-refractivity contribution in [3.63, 3.8) is 0 Å². The molecule has 2 fully saturated rings. The van der Waals surface area contributed by atoms with E-state index in [-0.39, 0.29) is 15.7 Å². The number of nitrogen functional groups attached to an aromatic ring is 1. The molecule has 3 unspecified atom stereocenters. The molecule has 4 aromatic rings. The number of fused-ring (bicyclic) bond motifs is 2. The number of nitrogens with two attached hydrogens (primary N) is 1. The number of oxime groups is 1. The summed E-state index contributed by atoms with van der Waals surface area (Å²) in [6.45, 7) is 0.478. The number of aromatic nitrogens is 2. The molecule has 19 heteroatoms. The number of carbonyl (C=O) groups excluding carboxylic acids is 2. The first-order valence-electron chi connectivity index (χ1n) is 14.6. The quantitative estimate of drug-likeness (QED) is 0.0423. The lowest BCUT2D eigenvalue weighted by atomic mass is 9.93. The van der Waals surface area contributed by atoms with Crippen LogP contribution in [0.1, 0.15) is 21.6 Å². The van der Waals surface area contributed by atoms with E-state index in [9.17, 15) is 39.6 Å². The predicted octanol–water partition coefficient (Wildman–Crippen LogP) is 1.78. The second-order valence-electron chi connectivity index (χ2n) is 11.0. The molecule has 0 aliphatic carbocycles. The van der Waals surface area contributed by atoms with Gasteiger partial charge in [-0.3, -0.25) is 9.59 Å². The van der Waals surface area contributed by atoms with Crippen molar-refractivity contribution in [2.24, 2.45) is 11.1 Å². The molecule has 6 rings (SSSR count). The van der Waals surface area contributed by atoms with Gasteiger partial charge in [-0.25, -0.2) is 14.6 Å². The fraction of sp³-hybridized carbons (Fsp3) is 0.226. The summed E-state index contributed by atoms with van der Waals surface area (Å²) < 4.78 is 2.02. The maximum Gasteiger partial charge on any atom is 0.353 e. The number of β-lactam (4-membered cyclic amide) rings is 1. The number of carboxylic acid groups (broad SMARTS) is 2. The summed E-state index contributed by atoms with van der Waals surface area (Å²) in [5.74, 6) is -6.44. The molecule has 16 nitrogen and oxygen atoms in total. The molecule has 50 heavy (non-hydrogen) atoms. The van der Waals surface area contributed by atoms with Crippen LogP contribution in [0.4, 0.5) is 5.13 Å². The number of thiophene rings is 1. The van der Waals surface area contributed by atoms with Crippen molar-refractivity contribution >= 4 is 79.9 Å². The molecule has 256 valence electrons. The molecule has 2 saturated heterocycles. The standard InChI is InChI=1S/C31H25N7O9S3/c32-11-18-22(39)23(40)25(50-18)24(30(45)46)47-36-19(16-13-49-31(33)34-16)26(41)35-20-27(42)38-21(29(43)44)15(12-48-28(20)38)7-4-10-37-9-3-6-14-5-1-2-8-17(14)37/h1-9,13,15,20-21,24,28H,10,12H2,(H6-,33,34,35,39,40,41,43,44,45,46)/p+1/b7-4+,36-19-/t15?,20-,21?,24?,28-/m1/s1. The molecule has 5 heterocycles. The Morgan fingerprint density at radius 1 is 1.22 bits per heavy atom. The van der Waals surface area contributed by atoms with E-state index in [4.69, 9.17) is 15.8 Å². The van der Waals surface area contributed by atoms with E-state index < -0.39 is 75.3 Å². The number of nitrogens with one attached hydrogen (secondary N) is 1. The first-order valence-corrected chi connectivity index (χ1v) is 17.4. The monoisotopic (exact) mass is 736 g/mol. The Morgan fingerprint density at radius 2 is 1.98 bits per heavy atom. The Morgan fingerprint density at radius 3 is 2.66 bits per heavy atom. The third-order valence-corrected chi connectivity index (χ3v) is 11.1. The lowest BCUT2D eigenvalue weighted by molar-refractivity contribution is -0.661. The highest BCUT2D eigenvalue weighted by Gasteiger charge is 2.57. The lowest BCUT2D eigenvalue weighted by Gasteiger charge is -2.53. The molecule has 7 N–H and O–H groups in total. The van der Waals surface area contributed by atoms with E-state index in [1.807, 2.05) is 53.2 Å². The molecular formula is C31H26N7O9S3+. The van der Waals surface area contributed by atoms with Gasteiger partial charge in [0.2, 0.25) is 11.4 Å². The van der Waals surface area contributed by atoms with Crippen molar-refractivity contribution in [1.29, 1.82) is 5.26 Å². The summed E-state index contributed by atoms with van der Waals surface area (Å²) in [6.07, 6.45) is 3.52. The Balaban J connectivity index is 1.18. The Bertz CT molecular complexity index is 2120. The van der Waals surface area contributed by atoms with Crippen LogP contribution >= 0.6 is 34.4 Å². The number of amides is 2. The molecule has 3 aromatic heterocycles. The second-order valence-corrected chi connectivity index (χ2v) is 14.0. The van der Waals surface area contributed by atoms with Crippen LogP contribution in [0.15, 0.2) is 65.3 Å². The molecular weight excluding hydrogens is 711 g/mol. The minimum atomic E-state index is -2.05. The van der Waals surface area contributed by atoms with Crippen molar-refractivity contribution in [1.82, 2.24) is 15.2 Å². The van der Waals surface area contributed by atoms with Crippen molar-refractivity contribution in [3.05, 3.63) is 75.6 Å². The first-order chi connectivity index (χ1) is 24.0. The van der Waals surface area contributed by atoms with Crippen molar-refractivity contribution < 1.29 is 49.0 Å². The number of para-hydroxylation sites is 1. The van der Waals surface area contributed by atoms with Gasteiger partial charge in [0.15, 0.2) is 40.0 Å². The Hall–Kier alpha value is -5.71. The maximum atomic E-state index is 13.5. The summed E-state index contributed by atoms with van der Waals surface area (Å²) >= 11 is 2.68. The van der Waals surface area contributed by atoms with Gasteiger partial charge in [-0.15, -0.1) is 34.4 Å². The molecule has 0 saturated carbocycles. The van der Waals surface area contributed by atoms with Gasteiger partial charge < -0.3 is 41.2 Å². The van der Waals surface area contributed by atoms with Crippen molar-refractivity contribution in [2.75, 3.05) is 11.5 Å². The number of anilines is 1. The lowest BCUT2D eigenvalue weighted by Crippen LogP contribution is -2.76. The van der Waals surface area contributed by atoms with Crippen LogP contribution in [0.2, 0.25) is 0 Å². The average Bonchev–Trinajstić information content (AvgIpc) is 3.66. The molecule has 2 aliphatic rings. The summed E-state index contributed by atoms with van der Waals surface area (Å²) in [6, 6.07) is 11.1. The molecule has 0 radical (unpaired) electrons. The minimum absolute atomic E-state index is 0.0331. The van der Waals surface area contributed by atoms with E-state index in [0.29, 0.717) is 23.6 Å². The van der Waals surface area contributed by atoms with Gasteiger partial charge >= 0.3 is 11.9 Å². The number of allylic oxidation sites excluding steroid dienone is 1. The minimum Gasteiger partial charge on any atom is -0.503 e. The van der Waals surface area contributed by atoms with Gasteiger partial charge in [0.05, 0.1) is 0 Å². The number of carboxylic acids is 2. The number of aromatic hydroxyl groups is 2. The summed E-state index contributed by atoms with van der Waals surface area (Å²) in [5.41, 5.74) is 6.05. The number of benzene rings is 1. The smallest absolute Gasteiger partial charge is 0.353 e. The maximum absolute atomic E-state index is 13.5. The molecule has 2 aliphatic heterocycles. The van der Waals surface area contributed by atoms with E-state index >= 15 is 0 Å². The van der Waals surface area contributed by atoms with Crippen LogP contribution in [-0.4, -0.2) is 83.0 Å². The molecule has 1 aromatic carbocycles. The zero-order valence-electron chi connectivity index (χ0n) is 25.4. The van der Waals surface area contributed by atoms with Crippen LogP contribution in [0.5, 0.6) is 11.5 Å². The van der Waals surface area contributed by atoms with E-state index in [2.05, 4.69) is 15.5 Å². The van der Waals surface area contributed by atoms with E-state index in [0.717, 1.165) is 22.2 Å². The fourth-order valence-electron chi connectivity index (χ4n) is 5.60. The number of pyridine rings is 1. The number of thiazole rings is 1. The van der Waals surface area contributed by atoms with Crippen LogP contribution in [0.3, 0.4) is 0 Å². The Labute approximate surface area is 294 Å². The van der Waals surface area contributed by atoms with Gasteiger partial charge in [-0.1, -0.05) is 23.4 Å². The largest absolute Gasteiger partial charge is 0.503 e. The fourth-order valence-corrected chi connectivity index (χ4v) is 8.53. The third-order valence-electron chi connectivity index (χ3n) is 7.94. The van der Waals surface area contributed by atoms with Gasteiger partial charge in [-0.05, 0) is 18.2 Å². The summed E-state index contributed by atoms with van der Waals surface area (Å²) in [4.78, 5) is 60.9. The SMILES string of the molecule is N#Cc1sc(C(O/N=C(\C(=O)N[C@@H]2C(=O)N3C(C(=O)O)C(/C=C/C[n+]4cccc5ccccc54)CS[C@H]23)c2csc(N)n2)C(=O)O)c(O)c1O. The summed E-state index contributed by atoms with van der Waals surface area (Å²) in [7, 11) is 0. The van der Waals surface area contributed by atoms with E-state index in [1.54, 1.807) is 12.1 Å². The second kappa shape index (κ2) is 14.0. The number of hydrogen-bond acceptors (Lipinski definition) is 14. The highest BCUT2D eigenvalue weighted by Crippen LogP contribution is 2.44. The molecule has 0 spiro atoms. The third kappa shape index (κ3) is 6.38. The normalized spacial score (nSPS) is 20.9. The van der Waals surface area contributed by atoms with E-state index in [1.165, 1.54) is 22.0 Å². The Kier molecular flexibility index (Phi) is 9.59. The highest BCUT2D eigenvalue weighted by atomic mass is 32.2. The van der Waals surface area contributed by atoms with Gasteiger partial charge in [0.1, 0.15) is 34.1 Å². The van der Waals surface area contributed by atoms with Gasteiger partial charge in [-0.2, -0.15) is 9.83 Å². The molecule has 0 bridgehead atoms. The summed E-state index contributed by atoms with van der Waals surface area (Å²) in [5, 5.41) is 57.1. The number of hydrogen-bond donors (Lipinski definition) is 6. The van der Waals surface area contributed by atoms with Gasteiger partial charge in [0, 0.05) is 34.6 Å². The van der Waals surface area contributed by atoms with Crippen molar-refractivity contribution in [2.45, 2.75) is 30.1 Å². The predicted molar refractivity (Wildman–Crippen MR) is 180 cm³/mol. The molecule has 5 atom stereocenters. The topological polar surface area (TPSA) is 253 Å². The van der Waals surface area contributed by atoms with Crippen LogP contribution in [0, 0.1) is 17.2 Å². The number of aliphatic carboxylic acids is 2. The number of carbonyl (C=O) groups is 4. The zero-order chi connectivity index (χ0) is 35.7.